The molecule has 7 heavy (non-hydrogen) atoms. The third-order valence-electron chi connectivity index (χ3n) is 0.783. The molecule has 0 aliphatic rings. The fourth-order valence-corrected chi connectivity index (χ4v) is 0.417. The van der Waals surface area contributed by atoms with Crippen LogP contribution < -0.4 is 0 Å². The number of hydrogen-bond donors (Lipinski definition) is 1. The van der Waals surface area contributed by atoms with Gasteiger partial charge in [-0.2, -0.15) is 0 Å². The minimum atomic E-state index is 1.01. The third-order valence-corrected chi connectivity index (χ3v) is 0.783. The van der Waals surface area contributed by atoms with Gasteiger partial charge in [0.15, 0.2) is 0 Å². The molecule has 1 nitrogen and oxygen atoms in total. The number of H-pyrrole nitrogens is 1. The van der Waals surface area contributed by atoms with E-state index in [1.165, 1.54) is 0 Å². The van der Waals surface area contributed by atoms with E-state index in [2.05, 4.69) is 17.8 Å². The normalized spacial score (nSPS) is 8.57. The van der Waals surface area contributed by atoms with Gasteiger partial charge in [-0.05, 0) is 6.07 Å². The van der Waals surface area contributed by atoms with Crippen LogP contribution in [-0.4, -0.2) is 4.98 Å². The average molecular weight is 92.1 g/mol. The topological polar surface area (TPSA) is 15.8 Å². The standard InChI is InChI=1S/C6H6N/c1-2-6-3-4-7-5-6/h2-4,7H,1H2. The Morgan fingerprint density at radius 2 is 2.71 bits per heavy atom. The summed E-state index contributed by atoms with van der Waals surface area (Å²) in [5, 5.41) is 0. The first-order chi connectivity index (χ1) is 3.43. The van der Waals surface area contributed by atoms with Crippen LogP contribution in [0.25, 0.3) is 6.08 Å². The zero-order valence-electron chi connectivity index (χ0n) is 3.94. The van der Waals surface area contributed by atoms with Gasteiger partial charge in [0.1, 0.15) is 0 Å². The monoisotopic (exact) mass is 92.1 g/mol. The van der Waals surface area contributed by atoms with Gasteiger partial charge in [0.2, 0.25) is 0 Å². The van der Waals surface area contributed by atoms with Crippen molar-refractivity contribution in [3.05, 3.63) is 30.6 Å². The fraction of sp³-hybridized carbons (Fsp3) is 0. The fourth-order valence-electron chi connectivity index (χ4n) is 0.417. The van der Waals surface area contributed by atoms with E-state index >= 15 is 0 Å². The maximum Gasteiger partial charge on any atom is 0.0699 e. The van der Waals surface area contributed by atoms with Crippen LogP contribution in [-0.2, 0) is 0 Å². The molecule has 35 valence electrons. The summed E-state index contributed by atoms with van der Waals surface area (Å²) in [5.41, 5.74) is 1.01. The minimum Gasteiger partial charge on any atom is -0.359 e. The molecular formula is C6H6N. The van der Waals surface area contributed by atoms with Crippen molar-refractivity contribution in [3.8, 4) is 0 Å². The largest absolute Gasteiger partial charge is 0.359 e. The molecule has 1 aromatic rings. The zero-order valence-corrected chi connectivity index (χ0v) is 3.94. The van der Waals surface area contributed by atoms with Crippen molar-refractivity contribution in [2.24, 2.45) is 0 Å². The number of nitrogens with one attached hydrogen (secondary N) is 1. The van der Waals surface area contributed by atoms with Crippen molar-refractivity contribution in [1.82, 2.24) is 4.98 Å². The van der Waals surface area contributed by atoms with E-state index in [-0.39, 0.29) is 0 Å². The lowest BCUT2D eigenvalue weighted by atomic mass is 10.3. The van der Waals surface area contributed by atoms with E-state index in [1.54, 1.807) is 6.08 Å². The van der Waals surface area contributed by atoms with Crippen LogP contribution >= 0.6 is 0 Å². The average Bonchev–Trinajstić information content (AvgIpc) is 2.14. The molecule has 1 N–H and O–H groups in total. The number of rotatable bonds is 1. The highest BCUT2D eigenvalue weighted by Gasteiger charge is 1.78. The van der Waals surface area contributed by atoms with Crippen molar-refractivity contribution in [3.63, 3.8) is 0 Å². The molecular weight excluding hydrogens is 86.1 g/mol. The summed E-state index contributed by atoms with van der Waals surface area (Å²) < 4.78 is 0. The van der Waals surface area contributed by atoms with Crippen LogP contribution in [0.3, 0.4) is 0 Å². The smallest absolute Gasteiger partial charge is 0.0699 e. The molecule has 1 heterocycles. The number of aromatic nitrogens is 1. The molecule has 0 spiro atoms. The predicted molar refractivity (Wildman–Crippen MR) is 29.7 cm³/mol. The Labute approximate surface area is 42.7 Å². The highest BCUT2D eigenvalue weighted by molar-refractivity contribution is 5.43. The van der Waals surface area contributed by atoms with E-state index in [0.29, 0.717) is 0 Å². The molecule has 1 rings (SSSR count). The predicted octanol–water partition coefficient (Wildman–Crippen LogP) is 1.46. The van der Waals surface area contributed by atoms with Crippen LogP contribution in [0.5, 0.6) is 0 Å². The summed E-state index contributed by atoms with van der Waals surface area (Å²) in [7, 11) is 0. The van der Waals surface area contributed by atoms with E-state index in [9.17, 15) is 0 Å². The Morgan fingerprint density at radius 1 is 1.86 bits per heavy atom. The molecule has 0 saturated carbocycles. The lowest BCUT2D eigenvalue weighted by Gasteiger charge is -1.69. The molecule has 0 saturated heterocycles. The second-order valence-corrected chi connectivity index (χ2v) is 1.26. The van der Waals surface area contributed by atoms with Crippen LogP contribution in [0.4, 0.5) is 0 Å². The first-order valence-corrected chi connectivity index (χ1v) is 2.11. The highest BCUT2D eigenvalue weighted by Crippen LogP contribution is 1.93. The molecule has 0 atom stereocenters. The summed E-state index contributed by atoms with van der Waals surface area (Å²) >= 11 is 0. The number of aromatic amines is 1. The third kappa shape index (κ3) is 0.712. The Kier molecular flexibility index (Phi) is 0.984. The molecule has 0 fully saturated rings. The maximum absolute atomic E-state index is 3.55. The summed E-state index contributed by atoms with van der Waals surface area (Å²) in [6, 6.07) is 1.91. The van der Waals surface area contributed by atoms with Gasteiger partial charge in [-0.15, -0.1) is 0 Å². The van der Waals surface area contributed by atoms with Crippen molar-refractivity contribution in [1.29, 1.82) is 0 Å². The van der Waals surface area contributed by atoms with Crippen LogP contribution in [0.2, 0.25) is 0 Å². The lowest BCUT2D eigenvalue weighted by Crippen LogP contribution is -1.54. The van der Waals surface area contributed by atoms with Crippen LogP contribution in [0, 0.1) is 6.20 Å². The van der Waals surface area contributed by atoms with Crippen molar-refractivity contribution < 1.29 is 0 Å². The van der Waals surface area contributed by atoms with Gasteiger partial charge >= 0.3 is 0 Å². The molecule has 1 aromatic heterocycles. The zero-order chi connectivity index (χ0) is 5.11. The van der Waals surface area contributed by atoms with E-state index < -0.39 is 0 Å². The Bertz CT molecular complexity index is 139. The molecule has 0 bridgehead atoms. The SMILES string of the molecule is C=Cc1[c][nH]cc1. The van der Waals surface area contributed by atoms with Gasteiger partial charge in [-0.25, -0.2) is 0 Å². The van der Waals surface area contributed by atoms with Crippen LogP contribution in [0.1, 0.15) is 5.56 Å². The Hall–Kier alpha value is -0.980. The summed E-state index contributed by atoms with van der Waals surface area (Å²) in [6.45, 7) is 3.55. The van der Waals surface area contributed by atoms with Crippen LogP contribution in [0.15, 0.2) is 18.8 Å². The maximum atomic E-state index is 3.55. The molecule has 0 aliphatic carbocycles. The molecule has 0 amide bonds. The Balaban J connectivity index is 2.96. The first-order valence-electron chi connectivity index (χ1n) is 2.11. The van der Waals surface area contributed by atoms with E-state index in [0.717, 1.165) is 5.56 Å². The lowest BCUT2D eigenvalue weighted by molar-refractivity contribution is 1.39. The van der Waals surface area contributed by atoms with Gasteiger partial charge in [0.25, 0.3) is 0 Å². The summed E-state index contributed by atoms with van der Waals surface area (Å²) in [4.78, 5) is 2.78. The minimum absolute atomic E-state index is 1.01. The molecule has 1 heteroatoms. The van der Waals surface area contributed by atoms with E-state index in [4.69, 9.17) is 0 Å². The van der Waals surface area contributed by atoms with Crippen molar-refractivity contribution in [2.75, 3.05) is 0 Å². The second-order valence-electron chi connectivity index (χ2n) is 1.26. The molecule has 1 radical (unpaired) electrons. The summed E-state index contributed by atoms with van der Waals surface area (Å²) in [6.07, 6.45) is 6.41. The van der Waals surface area contributed by atoms with Gasteiger partial charge in [-0.1, -0.05) is 12.7 Å². The van der Waals surface area contributed by atoms with Gasteiger partial charge in [0.05, 0.1) is 6.20 Å². The number of hydrogen-bond acceptors (Lipinski definition) is 0. The van der Waals surface area contributed by atoms with E-state index in [1.807, 2.05) is 12.3 Å². The van der Waals surface area contributed by atoms with Gasteiger partial charge < -0.3 is 4.98 Å². The van der Waals surface area contributed by atoms with Crippen molar-refractivity contribution in [2.45, 2.75) is 0 Å². The quantitative estimate of drug-likeness (QED) is 0.539. The summed E-state index contributed by atoms with van der Waals surface area (Å²) in [5.74, 6) is 0. The molecule has 0 unspecified atom stereocenters. The van der Waals surface area contributed by atoms with Gasteiger partial charge in [0, 0.05) is 11.8 Å². The van der Waals surface area contributed by atoms with Gasteiger partial charge in [-0.3, -0.25) is 0 Å². The highest BCUT2D eigenvalue weighted by atomic mass is 14.6. The first kappa shape index (κ1) is 4.19. The molecule has 0 aliphatic heterocycles. The van der Waals surface area contributed by atoms with Crippen molar-refractivity contribution >= 4 is 6.08 Å². The second kappa shape index (κ2) is 1.65. The molecule has 0 aromatic carbocycles. The Morgan fingerprint density at radius 3 is 3.00 bits per heavy atom.